The summed E-state index contributed by atoms with van der Waals surface area (Å²) < 4.78 is 13.4. The summed E-state index contributed by atoms with van der Waals surface area (Å²) >= 11 is 0. The lowest BCUT2D eigenvalue weighted by Crippen LogP contribution is -2.53. The van der Waals surface area contributed by atoms with Crippen molar-refractivity contribution < 1.29 is 19.1 Å². The normalized spacial score (nSPS) is 21.5. The number of carbonyl (C=O) groups excluding carboxylic acids is 2. The van der Waals surface area contributed by atoms with E-state index in [1.54, 1.807) is 13.0 Å². The number of benzene rings is 1. The Morgan fingerprint density at radius 1 is 1.42 bits per heavy atom. The molecule has 0 radical (unpaired) electrons. The molecule has 1 aromatic carbocycles. The number of piperidine rings is 1. The maximum absolute atomic E-state index is 13.4. The minimum Gasteiger partial charge on any atom is -0.381 e. The number of aryl methyl sites for hydroxylation is 1. The highest BCUT2D eigenvalue weighted by molar-refractivity contribution is 5.84. The molecule has 1 saturated heterocycles. The number of aliphatic hydroxyl groups is 1. The molecule has 24 heavy (non-hydrogen) atoms. The van der Waals surface area contributed by atoms with Gasteiger partial charge in [-0.1, -0.05) is 6.07 Å². The van der Waals surface area contributed by atoms with E-state index in [0.29, 0.717) is 19.4 Å². The molecule has 132 valence electrons. The molecular formula is C17H24FN3O3. The molecule has 6 nitrogen and oxygen atoms in total. The van der Waals surface area contributed by atoms with Gasteiger partial charge >= 0.3 is 6.03 Å². The predicted octanol–water partition coefficient (Wildman–Crippen LogP) is 1.61. The van der Waals surface area contributed by atoms with Crippen molar-refractivity contribution in [1.82, 2.24) is 10.2 Å². The molecule has 2 rings (SSSR count). The Hall–Kier alpha value is -2.15. The quantitative estimate of drug-likeness (QED) is 0.782. The number of rotatable bonds is 3. The fourth-order valence-electron chi connectivity index (χ4n) is 3.03. The van der Waals surface area contributed by atoms with Crippen LogP contribution in [0.4, 0.5) is 9.18 Å². The first-order chi connectivity index (χ1) is 11.1. The fourth-order valence-corrected chi connectivity index (χ4v) is 3.03. The Labute approximate surface area is 140 Å². The van der Waals surface area contributed by atoms with Gasteiger partial charge in [0, 0.05) is 12.6 Å². The van der Waals surface area contributed by atoms with E-state index in [1.807, 2.05) is 0 Å². The number of nitrogens with one attached hydrogen (secondary N) is 1. The van der Waals surface area contributed by atoms with E-state index in [0.717, 1.165) is 11.1 Å². The third-order valence-corrected chi connectivity index (χ3v) is 4.37. The lowest BCUT2D eigenvalue weighted by molar-refractivity contribution is -0.137. The molecule has 1 aliphatic rings. The van der Waals surface area contributed by atoms with Crippen LogP contribution >= 0.6 is 0 Å². The lowest BCUT2D eigenvalue weighted by atomic mass is 9.89. The summed E-state index contributed by atoms with van der Waals surface area (Å²) in [6.45, 7) is 5.00. The van der Waals surface area contributed by atoms with Gasteiger partial charge in [0.1, 0.15) is 11.4 Å². The molecule has 0 aromatic heterocycles. The van der Waals surface area contributed by atoms with Crippen LogP contribution in [0.3, 0.4) is 0 Å². The summed E-state index contributed by atoms with van der Waals surface area (Å²) in [5, 5.41) is 12.6. The third kappa shape index (κ3) is 4.03. The number of nitrogens with two attached hydrogens (primary N) is 1. The summed E-state index contributed by atoms with van der Waals surface area (Å²) in [6, 6.07) is 3.31. The van der Waals surface area contributed by atoms with E-state index in [2.05, 4.69) is 5.32 Å². The molecule has 0 spiro atoms. The molecule has 2 unspecified atom stereocenters. The minimum absolute atomic E-state index is 0.200. The first-order valence-corrected chi connectivity index (χ1v) is 7.95. The minimum atomic E-state index is -1.47. The first kappa shape index (κ1) is 18.2. The van der Waals surface area contributed by atoms with Gasteiger partial charge in [0.15, 0.2) is 0 Å². The van der Waals surface area contributed by atoms with Crippen molar-refractivity contribution in [1.29, 1.82) is 0 Å². The Kier molecular flexibility index (Phi) is 5.13. The molecule has 0 saturated carbocycles. The fraction of sp³-hybridized carbons (Fsp3) is 0.529. The lowest BCUT2D eigenvalue weighted by Gasteiger charge is -2.40. The van der Waals surface area contributed by atoms with E-state index in [9.17, 15) is 19.1 Å². The number of amides is 3. The molecule has 1 aromatic rings. The van der Waals surface area contributed by atoms with Crippen LogP contribution in [0.5, 0.6) is 0 Å². The van der Waals surface area contributed by atoms with Gasteiger partial charge in [-0.15, -0.1) is 0 Å². The number of urea groups is 1. The van der Waals surface area contributed by atoms with Crippen LogP contribution in [-0.2, 0) is 4.79 Å². The van der Waals surface area contributed by atoms with Crippen LogP contribution in [0.25, 0.3) is 0 Å². The standard InChI is InChI=1S/C17H24FN3O3/c1-10-8-11(18)4-5-13(10)14-9-12(6-7-21(14)16(19)23)20-15(22)17(2,3)24/h4-5,8,12,14,24H,6-7,9H2,1-3H3,(H2,19,23)(H,20,22). The second-order valence-electron chi connectivity index (χ2n) is 6.80. The van der Waals surface area contributed by atoms with Gasteiger partial charge in [0.2, 0.25) is 0 Å². The summed E-state index contributed by atoms with van der Waals surface area (Å²) in [5.41, 5.74) is 5.53. The van der Waals surface area contributed by atoms with E-state index in [1.165, 1.54) is 30.9 Å². The van der Waals surface area contributed by atoms with Gasteiger partial charge in [-0.2, -0.15) is 0 Å². The summed E-state index contributed by atoms with van der Waals surface area (Å²) in [4.78, 5) is 25.3. The molecule has 7 heteroatoms. The average Bonchev–Trinajstić information content (AvgIpc) is 2.45. The second-order valence-corrected chi connectivity index (χ2v) is 6.80. The number of likely N-dealkylation sites (tertiary alicyclic amines) is 1. The molecule has 1 aliphatic heterocycles. The zero-order valence-corrected chi connectivity index (χ0v) is 14.2. The molecule has 0 bridgehead atoms. The van der Waals surface area contributed by atoms with Crippen LogP contribution in [-0.4, -0.2) is 40.1 Å². The van der Waals surface area contributed by atoms with Crippen LogP contribution in [0.15, 0.2) is 18.2 Å². The Balaban J connectivity index is 2.24. The maximum atomic E-state index is 13.4. The summed E-state index contributed by atoms with van der Waals surface area (Å²) in [5.74, 6) is -0.806. The smallest absolute Gasteiger partial charge is 0.315 e. The van der Waals surface area contributed by atoms with E-state index in [4.69, 9.17) is 5.73 Å². The van der Waals surface area contributed by atoms with E-state index >= 15 is 0 Å². The van der Waals surface area contributed by atoms with Crippen LogP contribution in [0.1, 0.15) is 43.9 Å². The largest absolute Gasteiger partial charge is 0.381 e. The maximum Gasteiger partial charge on any atom is 0.315 e. The first-order valence-electron chi connectivity index (χ1n) is 7.95. The summed E-state index contributed by atoms with van der Waals surface area (Å²) in [7, 11) is 0. The van der Waals surface area contributed by atoms with E-state index in [-0.39, 0.29) is 17.9 Å². The molecule has 2 atom stereocenters. The Morgan fingerprint density at radius 3 is 2.62 bits per heavy atom. The van der Waals surface area contributed by atoms with Crippen molar-refractivity contribution >= 4 is 11.9 Å². The van der Waals surface area contributed by atoms with Crippen LogP contribution in [0, 0.1) is 12.7 Å². The highest BCUT2D eigenvalue weighted by atomic mass is 19.1. The number of hydrogen-bond acceptors (Lipinski definition) is 3. The SMILES string of the molecule is Cc1cc(F)ccc1C1CC(NC(=O)C(C)(C)O)CCN1C(N)=O. The van der Waals surface area contributed by atoms with Crippen molar-refractivity contribution in [2.45, 2.75) is 51.3 Å². The number of halogens is 1. The van der Waals surface area contributed by atoms with Gasteiger partial charge < -0.3 is 21.1 Å². The third-order valence-electron chi connectivity index (χ3n) is 4.37. The topological polar surface area (TPSA) is 95.7 Å². The number of primary amides is 1. The predicted molar refractivity (Wildman–Crippen MR) is 87.6 cm³/mol. The number of nitrogens with zero attached hydrogens (tertiary/aromatic N) is 1. The van der Waals surface area contributed by atoms with Gasteiger partial charge in [0.05, 0.1) is 6.04 Å². The molecule has 4 N–H and O–H groups in total. The zero-order valence-electron chi connectivity index (χ0n) is 14.2. The van der Waals surface area contributed by atoms with Crippen molar-refractivity contribution in [3.05, 3.63) is 35.1 Å². The number of hydrogen-bond donors (Lipinski definition) is 3. The van der Waals surface area contributed by atoms with Crippen molar-refractivity contribution in [3.63, 3.8) is 0 Å². The zero-order chi connectivity index (χ0) is 18.1. The molecule has 1 fully saturated rings. The Bertz CT molecular complexity index is 642. The number of carbonyl (C=O) groups is 2. The van der Waals surface area contributed by atoms with Gasteiger partial charge in [-0.25, -0.2) is 9.18 Å². The monoisotopic (exact) mass is 337 g/mol. The average molecular weight is 337 g/mol. The van der Waals surface area contributed by atoms with Gasteiger partial charge in [0.25, 0.3) is 5.91 Å². The second kappa shape index (κ2) is 6.76. The van der Waals surface area contributed by atoms with Crippen molar-refractivity contribution in [2.24, 2.45) is 5.73 Å². The van der Waals surface area contributed by atoms with Crippen LogP contribution < -0.4 is 11.1 Å². The molecule has 1 heterocycles. The molecular weight excluding hydrogens is 313 g/mol. The van der Waals surface area contributed by atoms with Gasteiger partial charge in [-0.3, -0.25) is 4.79 Å². The van der Waals surface area contributed by atoms with Crippen LogP contribution in [0.2, 0.25) is 0 Å². The highest BCUT2D eigenvalue weighted by Gasteiger charge is 2.35. The van der Waals surface area contributed by atoms with Gasteiger partial charge in [-0.05, 0) is 56.9 Å². The molecule has 3 amide bonds. The Morgan fingerprint density at radius 2 is 2.08 bits per heavy atom. The molecule has 0 aliphatic carbocycles. The highest BCUT2D eigenvalue weighted by Crippen LogP contribution is 2.33. The van der Waals surface area contributed by atoms with Crippen molar-refractivity contribution in [2.75, 3.05) is 6.54 Å². The summed E-state index contributed by atoms with van der Waals surface area (Å²) in [6.07, 6.45) is 0.999. The van der Waals surface area contributed by atoms with Crippen molar-refractivity contribution in [3.8, 4) is 0 Å². The van der Waals surface area contributed by atoms with E-state index < -0.39 is 17.5 Å².